The number of benzene rings is 1. The quantitative estimate of drug-likeness (QED) is 0.725. The number of nitrogens with zero attached hydrogens (tertiary/aromatic N) is 3. The van der Waals surface area contributed by atoms with E-state index in [9.17, 15) is 4.39 Å². The lowest BCUT2D eigenvalue weighted by Crippen LogP contribution is -2.00. The van der Waals surface area contributed by atoms with E-state index in [4.69, 9.17) is 5.73 Å². The van der Waals surface area contributed by atoms with Crippen molar-refractivity contribution in [3.63, 3.8) is 0 Å². The fraction of sp³-hybridized carbons (Fsp3) is 0.0714. The van der Waals surface area contributed by atoms with Gasteiger partial charge in [0.15, 0.2) is 11.6 Å². The van der Waals surface area contributed by atoms with Gasteiger partial charge in [-0.2, -0.15) is 0 Å². The molecule has 0 radical (unpaired) electrons. The molecule has 0 aliphatic heterocycles. The van der Waals surface area contributed by atoms with E-state index >= 15 is 0 Å². The molecule has 4 nitrogen and oxygen atoms in total. The van der Waals surface area contributed by atoms with Crippen LogP contribution in [0.25, 0.3) is 22.2 Å². The van der Waals surface area contributed by atoms with Crippen LogP contribution in [0.4, 0.5) is 10.2 Å². The summed E-state index contributed by atoms with van der Waals surface area (Å²) < 4.78 is 14.0. The molecule has 3 aromatic rings. The van der Waals surface area contributed by atoms with Crippen LogP contribution in [-0.4, -0.2) is 15.0 Å². The number of rotatable bonds is 1. The predicted octanol–water partition coefficient (Wildman–Crippen LogP) is 2.72. The number of pyridine rings is 1. The largest absolute Gasteiger partial charge is 0.381 e. The summed E-state index contributed by atoms with van der Waals surface area (Å²) in [5, 5.41) is 1.01. The van der Waals surface area contributed by atoms with Crippen LogP contribution in [0.1, 0.15) is 5.56 Å². The molecule has 0 amide bonds. The van der Waals surface area contributed by atoms with Gasteiger partial charge in [-0.05, 0) is 18.6 Å². The maximum absolute atomic E-state index is 14.0. The second-order valence-electron chi connectivity index (χ2n) is 4.23. The van der Waals surface area contributed by atoms with Crippen LogP contribution < -0.4 is 5.73 Å². The first-order valence-electron chi connectivity index (χ1n) is 5.79. The molecular weight excluding hydrogens is 243 g/mol. The molecule has 0 atom stereocenters. The third-order valence-electron chi connectivity index (χ3n) is 3.10. The summed E-state index contributed by atoms with van der Waals surface area (Å²) in [6.07, 6.45) is 2.97. The lowest BCUT2D eigenvalue weighted by atomic mass is 10.0. The molecule has 94 valence electrons. The smallest absolute Gasteiger partial charge is 0.191 e. The average Bonchev–Trinajstić information content (AvgIpc) is 2.43. The minimum Gasteiger partial charge on any atom is -0.381 e. The minimum atomic E-state index is -0.596. The first-order chi connectivity index (χ1) is 9.18. The van der Waals surface area contributed by atoms with Crippen LogP contribution in [0.3, 0.4) is 0 Å². The Labute approximate surface area is 109 Å². The lowest BCUT2D eigenvalue weighted by Gasteiger charge is -2.09. The molecule has 0 aliphatic rings. The van der Waals surface area contributed by atoms with E-state index in [1.807, 2.05) is 31.2 Å². The van der Waals surface area contributed by atoms with Gasteiger partial charge < -0.3 is 5.73 Å². The summed E-state index contributed by atoms with van der Waals surface area (Å²) in [7, 11) is 0. The van der Waals surface area contributed by atoms with Crippen molar-refractivity contribution in [2.24, 2.45) is 0 Å². The molecule has 0 spiro atoms. The van der Waals surface area contributed by atoms with Crippen LogP contribution >= 0.6 is 0 Å². The highest BCUT2D eigenvalue weighted by Crippen LogP contribution is 2.29. The molecule has 1 aromatic carbocycles. The van der Waals surface area contributed by atoms with Crippen LogP contribution in [0.15, 0.2) is 36.8 Å². The molecule has 0 fully saturated rings. The number of fused-ring (bicyclic) bond motifs is 1. The van der Waals surface area contributed by atoms with E-state index in [1.165, 1.54) is 6.33 Å². The monoisotopic (exact) mass is 254 g/mol. The molecule has 2 N–H and O–H groups in total. The standard InChI is InChI=1S/C14H11FN4/c1-8-10(13-11(15)14(16)19-7-18-13)5-4-9-3-2-6-17-12(8)9/h2-7H,1H3,(H2,16,18,19). The molecule has 0 aliphatic carbocycles. The summed E-state index contributed by atoms with van der Waals surface area (Å²) in [4.78, 5) is 11.9. The highest BCUT2D eigenvalue weighted by atomic mass is 19.1. The zero-order valence-corrected chi connectivity index (χ0v) is 10.3. The fourth-order valence-electron chi connectivity index (χ4n) is 2.12. The third kappa shape index (κ3) is 1.79. The van der Waals surface area contributed by atoms with Crippen LogP contribution in [0, 0.1) is 12.7 Å². The van der Waals surface area contributed by atoms with Crippen LogP contribution in [0.2, 0.25) is 0 Å². The second-order valence-corrected chi connectivity index (χ2v) is 4.23. The van der Waals surface area contributed by atoms with E-state index in [0.29, 0.717) is 5.56 Å². The zero-order valence-electron chi connectivity index (χ0n) is 10.3. The molecule has 3 rings (SSSR count). The lowest BCUT2D eigenvalue weighted by molar-refractivity contribution is 0.624. The Morgan fingerprint density at radius 2 is 1.95 bits per heavy atom. The Hall–Kier alpha value is -2.56. The van der Waals surface area contributed by atoms with Gasteiger partial charge in [-0.15, -0.1) is 0 Å². The average molecular weight is 254 g/mol. The first-order valence-corrected chi connectivity index (χ1v) is 5.79. The number of nitrogen functional groups attached to an aromatic ring is 1. The molecule has 0 unspecified atom stereocenters. The van der Waals surface area contributed by atoms with Gasteiger partial charge in [-0.3, -0.25) is 4.98 Å². The fourth-order valence-corrected chi connectivity index (χ4v) is 2.12. The van der Waals surface area contributed by atoms with Gasteiger partial charge in [-0.25, -0.2) is 14.4 Å². The van der Waals surface area contributed by atoms with Gasteiger partial charge in [0, 0.05) is 17.1 Å². The SMILES string of the molecule is Cc1c(-c2ncnc(N)c2F)ccc2cccnc12. The third-order valence-corrected chi connectivity index (χ3v) is 3.10. The van der Waals surface area contributed by atoms with Crippen molar-refractivity contribution in [3.05, 3.63) is 48.2 Å². The number of hydrogen-bond donors (Lipinski definition) is 1. The van der Waals surface area contributed by atoms with Crippen molar-refractivity contribution >= 4 is 16.7 Å². The number of hydrogen-bond acceptors (Lipinski definition) is 4. The molecule has 0 saturated heterocycles. The molecule has 0 bridgehead atoms. The van der Waals surface area contributed by atoms with E-state index < -0.39 is 5.82 Å². The first kappa shape index (κ1) is 11.5. The van der Waals surface area contributed by atoms with Gasteiger partial charge in [0.25, 0.3) is 0 Å². The van der Waals surface area contributed by atoms with Crippen LogP contribution in [0.5, 0.6) is 0 Å². The Morgan fingerprint density at radius 1 is 1.11 bits per heavy atom. The minimum absolute atomic E-state index is 0.148. The topological polar surface area (TPSA) is 64.7 Å². The highest BCUT2D eigenvalue weighted by Gasteiger charge is 2.14. The Bertz CT molecular complexity index is 770. The summed E-state index contributed by atoms with van der Waals surface area (Å²) in [5.74, 6) is -0.744. The van der Waals surface area contributed by atoms with Gasteiger partial charge in [0.2, 0.25) is 0 Å². The summed E-state index contributed by atoms with van der Waals surface area (Å²) in [6.45, 7) is 1.89. The molecule has 2 heterocycles. The van der Waals surface area contributed by atoms with Crippen molar-refractivity contribution in [1.82, 2.24) is 15.0 Å². The van der Waals surface area contributed by atoms with Gasteiger partial charge in [0.05, 0.1) is 5.52 Å². The Morgan fingerprint density at radius 3 is 2.79 bits per heavy atom. The number of aryl methyl sites for hydroxylation is 1. The van der Waals surface area contributed by atoms with Crippen LogP contribution in [-0.2, 0) is 0 Å². The van der Waals surface area contributed by atoms with Crippen molar-refractivity contribution in [3.8, 4) is 11.3 Å². The normalized spacial score (nSPS) is 10.8. The molecule has 2 aromatic heterocycles. The number of aromatic nitrogens is 3. The van der Waals surface area contributed by atoms with Gasteiger partial charge in [-0.1, -0.05) is 18.2 Å². The molecule has 0 saturated carbocycles. The number of anilines is 1. The molecular formula is C14H11FN4. The van der Waals surface area contributed by atoms with Crippen molar-refractivity contribution < 1.29 is 4.39 Å². The maximum atomic E-state index is 14.0. The predicted molar refractivity (Wildman–Crippen MR) is 71.9 cm³/mol. The van der Waals surface area contributed by atoms with E-state index in [0.717, 1.165) is 16.5 Å². The summed E-state index contributed by atoms with van der Waals surface area (Å²) in [5.41, 5.74) is 8.06. The van der Waals surface area contributed by atoms with E-state index in [-0.39, 0.29) is 11.5 Å². The zero-order chi connectivity index (χ0) is 13.4. The summed E-state index contributed by atoms with van der Waals surface area (Å²) in [6, 6.07) is 7.54. The maximum Gasteiger partial charge on any atom is 0.191 e. The number of halogens is 1. The van der Waals surface area contributed by atoms with Gasteiger partial charge in [0.1, 0.15) is 12.0 Å². The van der Waals surface area contributed by atoms with Gasteiger partial charge >= 0.3 is 0 Å². The molecule has 5 heteroatoms. The van der Waals surface area contributed by atoms with Crippen molar-refractivity contribution in [2.75, 3.05) is 5.73 Å². The number of nitrogens with two attached hydrogens (primary N) is 1. The van der Waals surface area contributed by atoms with Crippen molar-refractivity contribution in [1.29, 1.82) is 0 Å². The Kier molecular flexibility index (Phi) is 2.59. The van der Waals surface area contributed by atoms with Crippen molar-refractivity contribution in [2.45, 2.75) is 6.92 Å². The van der Waals surface area contributed by atoms with E-state index in [1.54, 1.807) is 6.20 Å². The summed E-state index contributed by atoms with van der Waals surface area (Å²) >= 11 is 0. The molecule has 19 heavy (non-hydrogen) atoms. The Balaban J connectivity index is 2.31. The second kappa shape index (κ2) is 4.28. The van der Waals surface area contributed by atoms with E-state index in [2.05, 4.69) is 15.0 Å². The highest BCUT2D eigenvalue weighted by molar-refractivity contribution is 5.88.